The normalized spacial score (nSPS) is 11.8. The largest absolute Gasteiger partial charge is 0.355 e. The van der Waals surface area contributed by atoms with Gasteiger partial charge in [-0.25, -0.2) is 4.98 Å². The lowest BCUT2D eigenvalue weighted by molar-refractivity contribution is -0.120. The summed E-state index contributed by atoms with van der Waals surface area (Å²) in [7, 11) is 0. The molecule has 0 fully saturated rings. The van der Waals surface area contributed by atoms with Crippen LogP contribution in [0.4, 0.5) is 0 Å². The molecule has 0 saturated heterocycles. The average Bonchev–Trinajstić information content (AvgIpc) is 3.30. The lowest BCUT2D eigenvalue weighted by atomic mass is 10.0. The Morgan fingerprint density at radius 3 is 2.14 bits per heavy atom. The van der Waals surface area contributed by atoms with E-state index in [1.165, 1.54) is 5.56 Å². The fraction of sp³-hybridized carbons (Fsp3) is 0.241. The number of rotatable bonds is 11. The van der Waals surface area contributed by atoms with Crippen LogP contribution >= 0.6 is 23.4 Å². The number of alkyl halides is 1. The van der Waals surface area contributed by atoms with Gasteiger partial charge in [0.25, 0.3) is 0 Å². The number of hydrogen-bond acceptors (Lipinski definition) is 3. The third kappa shape index (κ3) is 6.36. The Morgan fingerprint density at radius 2 is 1.51 bits per heavy atom. The molecule has 3 aromatic carbocycles. The molecule has 0 bridgehead atoms. The van der Waals surface area contributed by atoms with Gasteiger partial charge in [0.15, 0.2) is 5.16 Å². The van der Waals surface area contributed by atoms with Crippen LogP contribution in [0.15, 0.2) is 96.2 Å². The molecule has 4 rings (SSSR count). The van der Waals surface area contributed by atoms with E-state index in [1.54, 1.807) is 11.8 Å². The molecule has 4 aromatic rings. The maximum Gasteiger partial charge on any atom is 0.242 e. The zero-order chi connectivity index (χ0) is 24.5. The monoisotopic (exact) mass is 503 g/mol. The van der Waals surface area contributed by atoms with Gasteiger partial charge in [0.05, 0.1) is 11.4 Å². The Bertz CT molecular complexity index is 1210. The summed E-state index contributed by atoms with van der Waals surface area (Å²) < 4.78 is 2.31. The second-order valence-corrected chi connectivity index (χ2v) is 9.69. The molecule has 0 aliphatic heterocycles. The Morgan fingerprint density at radius 1 is 0.914 bits per heavy atom. The van der Waals surface area contributed by atoms with Gasteiger partial charge in [0.2, 0.25) is 5.91 Å². The molecular formula is C29H30ClN3OS. The predicted molar refractivity (Wildman–Crippen MR) is 147 cm³/mol. The minimum absolute atomic E-state index is 0.146. The number of thioether (sulfide) groups is 1. The first-order valence-corrected chi connectivity index (χ1v) is 13.4. The summed E-state index contributed by atoms with van der Waals surface area (Å²) in [6.45, 7) is 3.62. The molecule has 35 heavy (non-hydrogen) atoms. The van der Waals surface area contributed by atoms with Crippen LogP contribution in [0.2, 0.25) is 0 Å². The number of aromatic nitrogens is 2. The lowest BCUT2D eigenvalue weighted by Crippen LogP contribution is -2.27. The van der Waals surface area contributed by atoms with E-state index in [1.807, 2.05) is 42.5 Å². The van der Waals surface area contributed by atoms with Crippen LogP contribution < -0.4 is 5.32 Å². The zero-order valence-corrected chi connectivity index (χ0v) is 21.4. The van der Waals surface area contributed by atoms with Crippen molar-refractivity contribution >= 4 is 29.3 Å². The van der Waals surface area contributed by atoms with Crippen molar-refractivity contribution in [1.29, 1.82) is 0 Å². The third-order valence-electron chi connectivity index (χ3n) is 5.77. The molecule has 0 saturated carbocycles. The second kappa shape index (κ2) is 12.6. The van der Waals surface area contributed by atoms with Gasteiger partial charge in [-0.1, -0.05) is 103 Å². The summed E-state index contributed by atoms with van der Waals surface area (Å²) in [5, 5.41) is 3.33. The zero-order valence-electron chi connectivity index (χ0n) is 19.9. The first kappa shape index (κ1) is 25.1. The van der Waals surface area contributed by atoms with Gasteiger partial charge in [-0.2, -0.15) is 0 Å². The van der Waals surface area contributed by atoms with Crippen LogP contribution in [0.1, 0.15) is 30.7 Å². The maximum absolute atomic E-state index is 12.3. The highest BCUT2D eigenvalue weighted by atomic mass is 35.5. The van der Waals surface area contributed by atoms with Gasteiger partial charge in [0, 0.05) is 30.0 Å². The van der Waals surface area contributed by atoms with Crippen LogP contribution in [0.3, 0.4) is 0 Å². The van der Waals surface area contributed by atoms with E-state index in [9.17, 15) is 4.79 Å². The number of imidazole rings is 1. The number of carbonyl (C=O) groups is 1. The average molecular weight is 504 g/mol. The minimum Gasteiger partial charge on any atom is -0.355 e. The number of hydrogen-bond donors (Lipinski definition) is 1. The minimum atomic E-state index is -0.657. The van der Waals surface area contributed by atoms with Gasteiger partial charge in [-0.15, -0.1) is 11.6 Å². The highest BCUT2D eigenvalue weighted by molar-refractivity contribution is 7.99. The molecule has 1 unspecified atom stereocenters. The number of nitrogens with one attached hydrogen (secondary N) is 1. The van der Waals surface area contributed by atoms with Crippen molar-refractivity contribution < 1.29 is 4.79 Å². The SMILES string of the molecule is CCn1c(SCCCCNC(=O)C(Cl)c2ccccc2)nc(-c2ccccc2)c1-c1ccccc1. The Labute approximate surface area is 216 Å². The smallest absolute Gasteiger partial charge is 0.242 e. The molecule has 0 radical (unpaired) electrons. The van der Waals surface area contributed by atoms with E-state index >= 15 is 0 Å². The third-order valence-corrected chi connectivity index (χ3v) is 7.28. The Balaban J connectivity index is 1.37. The first-order chi connectivity index (χ1) is 17.2. The summed E-state index contributed by atoms with van der Waals surface area (Å²) in [5.41, 5.74) is 5.28. The van der Waals surface area contributed by atoms with Crippen LogP contribution in [0, 0.1) is 0 Å². The molecule has 1 N–H and O–H groups in total. The van der Waals surface area contributed by atoms with E-state index in [0.717, 1.165) is 52.8 Å². The van der Waals surface area contributed by atoms with E-state index in [2.05, 4.69) is 65.3 Å². The topological polar surface area (TPSA) is 46.9 Å². The fourth-order valence-electron chi connectivity index (χ4n) is 3.99. The van der Waals surface area contributed by atoms with Gasteiger partial charge in [-0.3, -0.25) is 4.79 Å². The Kier molecular flexibility index (Phi) is 9.04. The maximum atomic E-state index is 12.3. The van der Waals surface area contributed by atoms with Crippen molar-refractivity contribution in [3.05, 3.63) is 96.6 Å². The van der Waals surface area contributed by atoms with Gasteiger partial charge < -0.3 is 9.88 Å². The van der Waals surface area contributed by atoms with E-state index in [4.69, 9.17) is 16.6 Å². The van der Waals surface area contributed by atoms with Crippen molar-refractivity contribution in [2.45, 2.75) is 36.8 Å². The van der Waals surface area contributed by atoms with Crippen molar-refractivity contribution in [3.63, 3.8) is 0 Å². The number of amides is 1. The van der Waals surface area contributed by atoms with Gasteiger partial charge >= 0.3 is 0 Å². The number of benzene rings is 3. The summed E-state index contributed by atoms with van der Waals surface area (Å²) in [6.07, 6.45) is 1.86. The molecule has 180 valence electrons. The lowest BCUT2D eigenvalue weighted by Gasteiger charge is -2.11. The standard InChI is InChI=1S/C29H30ClN3OS/c1-2-33-27(24-18-10-5-11-19-24)26(23-16-8-4-9-17-23)32-29(33)35-21-13-12-20-31-28(34)25(30)22-14-6-3-7-15-22/h3-11,14-19,25H,2,12-13,20-21H2,1H3,(H,31,34). The van der Waals surface area contributed by atoms with Crippen molar-refractivity contribution in [2.24, 2.45) is 0 Å². The van der Waals surface area contributed by atoms with Crippen LogP contribution in [0.25, 0.3) is 22.5 Å². The molecule has 1 aromatic heterocycles. The predicted octanol–water partition coefficient (Wildman–Crippen LogP) is 7.21. The fourth-order valence-corrected chi connectivity index (χ4v) is 5.27. The molecule has 1 atom stereocenters. The molecule has 0 aliphatic rings. The van der Waals surface area contributed by atoms with Crippen LogP contribution in [0.5, 0.6) is 0 Å². The number of carbonyl (C=O) groups excluding carboxylic acids is 1. The number of unbranched alkanes of at least 4 members (excludes halogenated alkanes) is 1. The quantitative estimate of drug-likeness (QED) is 0.134. The summed E-state index contributed by atoms with van der Waals surface area (Å²) in [6, 6.07) is 30.3. The molecule has 0 aliphatic carbocycles. The molecule has 0 spiro atoms. The molecule has 1 heterocycles. The van der Waals surface area contributed by atoms with Crippen molar-refractivity contribution in [2.75, 3.05) is 12.3 Å². The number of nitrogens with zero attached hydrogens (tertiary/aromatic N) is 2. The summed E-state index contributed by atoms with van der Waals surface area (Å²) >= 11 is 8.07. The highest BCUT2D eigenvalue weighted by Crippen LogP contribution is 2.36. The highest BCUT2D eigenvalue weighted by Gasteiger charge is 2.19. The second-order valence-electron chi connectivity index (χ2n) is 8.19. The Hall–Kier alpha value is -3.02. The van der Waals surface area contributed by atoms with Crippen LogP contribution in [-0.2, 0) is 11.3 Å². The summed E-state index contributed by atoms with van der Waals surface area (Å²) in [4.78, 5) is 17.4. The van der Waals surface area contributed by atoms with Crippen molar-refractivity contribution in [1.82, 2.24) is 14.9 Å². The summed E-state index contributed by atoms with van der Waals surface area (Å²) in [5.74, 6) is 0.783. The van der Waals surface area contributed by atoms with Crippen molar-refractivity contribution in [3.8, 4) is 22.5 Å². The van der Waals surface area contributed by atoms with E-state index in [0.29, 0.717) is 6.54 Å². The van der Waals surface area contributed by atoms with Gasteiger partial charge in [-0.05, 0) is 25.3 Å². The molecule has 1 amide bonds. The van der Waals surface area contributed by atoms with Crippen LogP contribution in [-0.4, -0.2) is 27.8 Å². The molecule has 6 heteroatoms. The van der Waals surface area contributed by atoms with E-state index in [-0.39, 0.29) is 5.91 Å². The number of halogens is 1. The molecule has 4 nitrogen and oxygen atoms in total. The first-order valence-electron chi connectivity index (χ1n) is 12.0. The molecular weight excluding hydrogens is 474 g/mol. The van der Waals surface area contributed by atoms with E-state index < -0.39 is 5.38 Å². The van der Waals surface area contributed by atoms with Gasteiger partial charge in [0.1, 0.15) is 5.38 Å².